The molecule has 0 spiro atoms. The monoisotopic (exact) mass is 280 g/mol. The average molecular weight is 281 g/mol. The van der Waals surface area contributed by atoms with Crippen molar-refractivity contribution in [2.45, 2.75) is 18.2 Å². The van der Waals surface area contributed by atoms with Crippen molar-refractivity contribution < 1.29 is 0 Å². The topological polar surface area (TPSA) is 16.1 Å². The van der Waals surface area contributed by atoms with Crippen LogP contribution in [0.5, 0.6) is 0 Å². The minimum atomic E-state index is 0.245. The SMILES string of the molecule is Clc1ccc2c(N3CCCC(Cl)C3)ccnc2c1. The molecule has 1 fully saturated rings. The second-order valence-corrected chi connectivity index (χ2v) is 5.73. The van der Waals surface area contributed by atoms with Crippen molar-refractivity contribution in [3.05, 3.63) is 35.5 Å². The molecule has 1 aliphatic rings. The van der Waals surface area contributed by atoms with Gasteiger partial charge in [-0.05, 0) is 37.1 Å². The zero-order chi connectivity index (χ0) is 12.5. The fourth-order valence-corrected chi connectivity index (χ4v) is 3.01. The lowest BCUT2D eigenvalue weighted by Crippen LogP contribution is -2.36. The van der Waals surface area contributed by atoms with Crippen LogP contribution in [0.3, 0.4) is 0 Å². The molecule has 2 heterocycles. The number of hydrogen-bond donors (Lipinski definition) is 0. The van der Waals surface area contributed by atoms with Crippen molar-refractivity contribution in [1.82, 2.24) is 4.98 Å². The van der Waals surface area contributed by atoms with Crippen LogP contribution < -0.4 is 4.90 Å². The van der Waals surface area contributed by atoms with Crippen molar-refractivity contribution in [1.29, 1.82) is 0 Å². The van der Waals surface area contributed by atoms with Gasteiger partial charge in [0.1, 0.15) is 0 Å². The summed E-state index contributed by atoms with van der Waals surface area (Å²) in [6.45, 7) is 1.97. The summed E-state index contributed by atoms with van der Waals surface area (Å²) in [5, 5.41) is 2.11. The van der Waals surface area contributed by atoms with Crippen molar-refractivity contribution in [2.24, 2.45) is 0 Å². The molecule has 1 atom stereocenters. The highest BCUT2D eigenvalue weighted by Crippen LogP contribution is 2.30. The van der Waals surface area contributed by atoms with E-state index in [-0.39, 0.29) is 5.38 Å². The molecule has 2 aromatic rings. The van der Waals surface area contributed by atoms with E-state index < -0.39 is 0 Å². The molecule has 94 valence electrons. The molecule has 1 aromatic carbocycles. The van der Waals surface area contributed by atoms with E-state index in [1.54, 1.807) is 0 Å². The summed E-state index contributed by atoms with van der Waals surface area (Å²) in [4.78, 5) is 6.72. The Bertz CT molecular complexity index is 571. The summed E-state index contributed by atoms with van der Waals surface area (Å²) in [5.41, 5.74) is 2.15. The molecule has 1 aromatic heterocycles. The first-order valence-electron chi connectivity index (χ1n) is 6.17. The predicted octanol–water partition coefficient (Wildman–Crippen LogP) is 4.10. The molecular weight excluding hydrogens is 267 g/mol. The standard InChI is InChI=1S/C14H14Cl2N2/c15-10-3-4-12-13(8-10)17-6-5-14(12)18-7-1-2-11(16)9-18/h3-6,8,11H,1-2,7,9H2. The highest BCUT2D eigenvalue weighted by Gasteiger charge is 2.19. The molecule has 1 saturated heterocycles. The molecule has 0 amide bonds. The lowest BCUT2D eigenvalue weighted by molar-refractivity contribution is 0.585. The van der Waals surface area contributed by atoms with E-state index in [2.05, 4.69) is 16.0 Å². The molecule has 0 saturated carbocycles. The maximum atomic E-state index is 6.26. The number of halogens is 2. The second-order valence-electron chi connectivity index (χ2n) is 4.68. The van der Waals surface area contributed by atoms with Crippen molar-refractivity contribution in [2.75, 3.05) is 18.0 Å². The maximum Gasteiger partial charge on any atom is 0.0737 e. The summed E-state index contributed by atoms with van der Waals surface area (Å²) in [5.74, 6) is 0. The van der Waals surface area contributed by atoms with Crippen molar-refractivity contribution in [3.8, 4) is 0 Å². The first kappa shape index (κ1) is 12.1. The molecule has 0 radical (unpaired) electrons. The average Bonchev–Trinajstić information content (AvgIpc) is 2.37. The van der Waals surface area contributed by atoms with Crippen LogP contribution in [0.1, 0.15) is 12.8 Å². The van der Waals surface area contributed by atoms with Gasteiger partial charge in [-0.25, -0.2) is 0 Å². The van der Waals surface area contributed by atoms with Gasteiger partial charge in [0.2, 0.25) is 0 Å². The van der Waals surface area contributed by atoms with E-state index >= 15 is 0 Å². The van der Waals surface area contributed by atoms with Crippen molar-refractivity contribution in [3.63, 3.8) is 0 Å². The number of rotatable bonds is 1. The number of nitrogens with zero attached hydrogens (tertiary/aromatic N) is 2. The Balaban J connectivity index is 2.05. The summed E-state index contributed by atoms with van der Waals surface area (Å²) < 4.78 is 0. The zero-order valence-corrected chi connectivity index (χ0v) is 11.5. The van der Waals surface area contributed by atoms with Crippen LogP contribution in [0.4, 0.5) is 5.69 Å². The van der Waals surface area contributed by atoms with Crippen LogP contribution in [0.25, 0.3) is 10.9 Å². The first-order chi connectivity index (χ1) is 8.74. The van der Waals surface area contributed by atoms with Gasteiger partial charge < -0.3 is 4.90 Å². The summed E-state index contributed by atoms with van der Waals surface area (Å²) >= 11 is 12.3. The number of pyridine rings is 1. The quantitative estimate of drug-likeness (QED) is 0.732. The Morgan fingerprint density at radius 1 is 1.28 bits per heavy atom. The third-order valence-corrected chi connectivity index (χ3v) is 3.98. The van der Waals surface area contributed by atoms with E-state index in [9.17, 15) is 0 Å². The number of anilines is 1. The molecule has 0 N–H and O–H groups in total. The number of benzene rings is 1. The van der Waals surface area contributed by atoms with E-state index in [1.807, 2.05) is 24.4 Å². The maximum absolute atomic E-state index is 6.26. The van der Waals surface area contributed by atoms with Crippen LogP contribution >= 0.6 is 23.2 Å². The van der Waals surface area contributed by atoms with Gasteiger partial charge in [-0.2, -0.15) is 0 Å². The highest BCUT2D eigenvalue weighted by molar-refractivity contribution is 6.31. The van der Waals surface area contributed by atoms with Crippen molar-refractivity contribution >= 4 is 39.8 Å². The lowest BCUT2D eigenvalue weighted by Gasteiger charge is -2.32. The number of piperidine rings is 1. The molecule has 0 bridgehead atoms. The van der Waals surface area contributed by atoms with Gasteiger partial charge in [-0.15, -0.1) is 11.6 Å². The second kappa shape index (κ2) is 4.94. The van der Waals surface area contributed by atoms with Gasteiger partial charge in [-0.3, -0.25) is 4.98 Å². The van der Waals surface area contributed by atoms with E-state index in [0.717, 1.165) is 41.9 Å². The van der Waals surface area contributed by atoms with E-state index in [1.165, 1.54) is 5.69 Å². The molecule has 3 rings (SSSR count). The summed E-state index contributed by atoms with van der Waals surface area (Å²) in [6.07, 6.45) is 4.09. The predicted molar refractivity (Wildman–Crippen MR) is 77.8 cm³/mol. The van der Waals surface area contributed by atoms with Gasteiger partial charge >= 0.3 is 0 Å². The van der Waals surface area contributed by atoms with Gasteiger partial charge in [0.25, 0.3) is 0 Å². The Hall–Kier alpha value is -0.990. The van der Waals surface area contributed by atoms with Crippen LogP contribution in [0.15, 0.2) is 30.5 Å². The Kier molecular flexibility index (Phi) is 3.31. The van der Waals surface area contributed by atoms with Gasteiger partial charge in [-0.1, -0.05) is 11.6 Å². The lowest BCUT2D eigenvalue weighted by atomic mass is 10.1. The van der Waals surface area contributed by atoms with Crippen LogP contribution in [0.2, 0.25) is 5.02 Å². The Morgan fingerprint density at radius 3 is 3.00 bits per heavy atom. The molecular formula is C14H14Cl2N2. The number of alkyl halides is 1. The fourth-order valence-electron chi connectivity index (χ4n) is 2.53. The zero-order valence-electron chi connectivity index (χ0n) is 9.94. The number of aromatic nitrogens is 1. The first-order valence-corrected chi connectivity index (χ1v) is 6.99. The van der Waals surface area contributed by atoms with Crippen LogP contribution in [-0.4, -0.2) is 23.5 Å². The molecule has 1 aliphatic heterocycles. The molecule has 4 heteroatoms. The summed E-state index contributed by atoms with van der Waals surface area (Å²) in [7, 11) is 0. The van der Waals surface area contributed by atoms with E-state index in [0.29, 0.717) is 0 Å². The molecule has 1 unspecified atom stereocenters. The largest absolute Gasteiger partial charge is 0.369 e. The fraction of sp³-hybridized carbons (Fsp3) is 0.357. The third-order valence-electron chi connectivity index (χ3n) is 3.39. The number of hydrogen-bond acceptors (Lipinski definition) is 2. The molecule has 2 nitrogen and oxygen atoms in total. The van der Waals surface area contributed by atoms with Crippen LogP contribution in [-0.2, 0) is 0 Å². The Labute approximate surface area is 117 Å². The highest BCUT2D eigenvalue weighted by atomic mass is 35.5. The molecule has 18 heavy (non-hydrogen) atoms. The normalized spacial score (nSPS) is 20.3. The minimum Gasteiger partial charge on any atom is -0.369 e. The Morgan fingerprint density at radius 2 is 2.17 bits per heavy atom. The minimum absolute atomic E-state index is 0.245. The summed E-state index contributed by atoms with van der Waals surface area (Å²) in [6, 6.07) is 7.92. The third kappa shape index (κ3) is 2.27. The molecule has 0 aliphatic carbocycles. The van der Waals surface area contributed by atoms with Gasteiger partial charge in [0.15, 0.2) is 0 Å². The van der Waals surface area contributed by atoms with Gasteiger partial charge in [0, 0.05) is 35.4 Å². The number of fused-ring (bicyclic) bond motifs is 1. The van der Waals surface area contributed by atoms with Crippen LogP contribution in [0, 0.1) is 0 Å². The smallest absolute Gasteiger partial charge is 0.0737 e. The van der Waals surface area contributed by atoms with E-state index in [4.69, 9.17) is 23.2 Å². The van der Waals surface area contributed by atoms with Gasteiger partial charge in [0.05, 0.1) is 10.9 Å².